The van der Waals surface area contributed by atoms with Crippen LogP contribution in [0.2, 0.25) is 0 Å². The number of ether oxygens (including phenoxy) is 4. The van der Waals surface area contributed by atoms with E-state index in [1.807, 2.05) is 36.6 Å². The first-order chi connectivity index (χ1) is 12.8. The van der Waals surface area contributed by atoms with Crippen LogP contribution in [0.5, 0.6) is 0 Å². The van der Waals surface area contributed by atoms with E-state index < -0.39 is 12.3 Å². The predicted molar refractivity (Wildman–Crippen MR) is 99.8 cm³/mol. The standard InChI is InChI=1S/C18H25N3O4S/c1-3-4-10-22-16-14(20-21-19)18(26-2)24-13-11-23-17(25-15(13)16)12-8-6-5-7-9-12/h5-9,13-18H,3-4,10-11H2,1-2H3/t13?,14-,15+,16?,17?,18-/m0/s1. The molecule has 2 fully saturated rings. The Morgan fingerprint density at radius 1 is 1.31 bits per heavy atom. The van der Waals surface area contributed by atoms with E-state index in [9.17, 15) is 0 Å². The lowest BCUT2D eigenvalue weighted by molar-refractivity contribution is -0.310. The van der Waals surface area contributed by atoms with Gasteiger partial charge in [-0.2, -0.15) is 0 Å². The maximum absolute atomic E-state index is 9.02. The number of unbranched alkanes of at least 4 members (excludes halogenated alkanes) is 1. The zero-order chi connectivity index (χ0) is 18.4. The monoisotopic (exact) mass is 379 g/mol. The lowest BCUT2D eigenvalue weighted by atomic mass is 9.97. The Morgan fingerprint density at radius 2 is 2.12 bits per heavy atom. The zero-order valence-electron chi connectivity index (χ0n) is 15.1. The number of hydrogen-bond acceptors (Lipinski definition) is 6. The van der Waals surface area contributed by atoms with Crippen LogP contribution in [0.4, 0.5) is 0 Å². The van der Waals surface area contributed by atoms with Gasteiger partial charge in [-0.3, -0.25) is 0 Å². The Balaban J connectivity index is 1.81. The van der Waals surface area contributed by atoms with Crippen LogP contribution in [-0.4, -0.2) is 49.3 Å². The highest BCUT2D eigenvalue weighted by Gasteiger charge is 2.50. The Bertz CT molecular complexity index is 614. The summed E-state index contributed by atoms with van der Waals surface area (Å²) in [6.07, 6.45) is 2.49. The summed E-state index contributed by atoms with van der Waals surface area (Å²) in [6, 6.07) is 9.35. The number of azide groups is 1. The van der Waals surface area contributed by atoms with Crippen molar-refractivity contribution < 1.29 is 18.9 Å². The van der Waals surface area contributed by atoms with Crippen molar-refractivity contribution in [1.29, 1.82) is 0 Å². The number of rotatable bonds is 7. The summed E-state index contributed by atoms with van der Waals surface area (Å²) >= 11 is 1.51. The van der Waals surface area contributed by atoms with E-state index in [-0.39, 0.29) is 23.7 Å². The second-order valence-corrected chi connectivity index (χ2v) is 7.28. The van der Waals surface area contributed by atoms with Crippen LogP contribution >= 0.6 is 11.8 Å². The molecule has 2 aliphatic rings. The lowest BCUT2D eigenvalue weighted by Crippen LogP contribution is -2.61. The molecule has 1 aromatic rings. The highest BCUT2D eigenvalue weighted by molar-refractivity contribution is 7.99. The molecule has 142 valence electrons. The molecule has 2 heterocycles. The van der Waals surface area contributed by atoms with Gasteiger partial charge in [0.1, 0.15) is 23.7 Å². The van der Waals surface area contributed by atoms with E-state index in [2.05, 4.69) is 16.9 Å². The lowest BCUT2D eigenvalue weighted by Gasteiger charge is -2.48. The number of fused-ring (bicyclic) bond motifs is 1. The maximum Gasteiger partial charge on any atom is 0.184 e. The largest absolute Gasteiger partial charge is 0.375 e. The molecule has 26 heavy (non-hydrogen) atoms. The number of nitrogens with zero attached hydrogens (tertiary/aromatic N) is 3. The second-order valence-electron chi connectivity index (χ2n) is 6.34. The molecule has 7 nitrogen and oxygen atoms in total. The Labute approximate surface area is 158 Å². The van der Waals surface area contributed by atoms with Gasteiger partial charge >= 0.3 is 0 Å². The minimum atomic E-state index is -0.476. The molecule has 2 aliphatic heterocycles. The van der Waals surface area contributed by atoms with E-state index in [4.69, 9.17) is 24.5 Å². The average molecular weight is 379 g/mol. The summed E-state index contributed by atoms with van der Waals surface area (Å²) < 4.78 is 24.3. The molecule has 6 atom stereocenters. The second kappa shape index (κ2) is 9.60. The molecule has 0 aromatic heterocycles. The van der Waals surface area contributed by atoms with Crippen LogP contribution in [0.3, 0.4) is 0 Å². The number of thioether (sulfide) groups is 1. The summed E-state index contributed by atoms with van der Waals surface area (Å²) in [6.45, 7) is 3.13. The van der Waals surface area contributed by atoms with E-state index in [1.165, 1.54) is 11.8 Å². The fourth-order valence-electron chi connectivity index (χ4n) is 3.27. The molecule has 2 saturated heterocycles. The van der Waals surface area contributed by atoms with Crippen LogP contribution in [0, 0.1) is 0 Å². The van der Waals surface area contributed by atoms with Gasteiger partial charge in [-0.1, -0.05) is 48.8 Å². The molecule has 0 spiro atoms. The van der Waals surface area contributed by atoms with Crippen molar-refractivity contribution >= 4 is 11.8 Å². The quantitative estimate of drug-likeness (QED) is 0.309. The minimum absolute atomic E-state index is 0.246. The molecular formula is C18H25N3O4S. The first-order valence-corrected chi connectivity index (χ1v) is 10.2. The van der Waals surface area contributed by atoms with Gasteiger partial charge in [0.15, 0.2) is 6.29 Å². The molecule has 0 saturated carbocycles. The van der Waals surface area contributed by atoms with Crippen LogP contribution < -0.4 is 0 Å². The Hall–Kier alpha value is -1.28. The van der Waals surface area contributed by atoms with Crippen molar-refractivity contribution in [3.8, 4) is 0 Å². The van der Waals surface area contributed by atoms with Crippen molar-refractivity contribution in [3.05, 3.63) is 46.3 Å². The Kier molecular flexibility index (Phi) is 7.19. The molecule has 0 N–H and O–H groups in total. The molecule has 1 aromatic carbocycles. The third-order valence-corrected chi connectivity index (χ3v) is 5.46. The van der Waals surface area contributed by atoms with E-state index in [0.29, 0.717) is 13.2 Å². The average Bonchev–Trinajstić information content (AvgIpc) is 2.69. The van der Waals surface area contributed by atoms with Crippen molar-refractivity contribution in [2.24, 2.45) is 5.11 Å². The summed E-state index contributed by atoms with van der Waals surface area (Å²) in [4.78, 5) is 3.02. The van der Waals surface area contributed by atoms with Crippen LogP contribution in [-0.2, 0) is 18.9 Å². The van der Waals surface area contributed by atoms with Gasteiger partial charge < -0.3 is 18.9 Å². The third kappa shape index (κ3) is 4.34. The number of benzene rings is 1. The molecule has 0 bridgehead atoms. The highest BCUT2D eigenvalue weighted by Crippen LogP contribution is 2.38. The van der Waals surface area contributed by atoms with Crippen LogP contribution in [0.15, 0.2) is 35.4 Å². The highest BCUT2D eigenvalue weighted by atomic mass is 32.2. The summed E-state index contributed by atoms with van der Waals surface area (Å²) in [5, 5.41) is 3.97. The van der Waals surface area contributed by atoms with E-state index in [0.717, 1.165) is 18.4 Å². The molecule has 0 radical (unpaired) electrons. The fraction of sp³-hybridized carbons (Fsp3) is 0.667. The van der Waals surface area contributed by atoms with Gasteiger partial charge in [0.2, 0.25) is 0 Å². The van der Waals surface area contributed by atoms with Crippen LogP contribution in [0.25, 0.3) is 10.4 Å². The molecule has 3 rings (SSSR count). The maximum atomic E-state index is 9.02. The number of hydrogen-bond donors (Lipinski definition) is 0. The summed E-state index contributed by atoms with van der Waals surface area (Å²) in [5.41, 5.74) is 9.69. The van der Waals surface area contributed by atoms with Gasteiger partial charge in [0.05, 0.1) is 12.7 Å². The predicted octanol–water partition coefficient (Wildman–Crippen LogP) is 4.05. The summed E-state index contributed by atoms with van der Waals surface area (Å²) in [5.74, 6) is 0. The first kappa shape index (κ1) is 19.5. The third-order valence-electron chi connectivity index (χ3n) is 4.60. The van der Waals surface area contributed by atoms with Gasteiger partial charge in [-0.05, 0) is 18.2 Å². The smallest absolute Gasteiger partial charge is 0.184 e. The molecule has 0 aliphatic carbocycles. The Morgan fingerprint density at radius 3 is 2.81 bits per heavy atom. The SMILES string of the molecule is CCCCOC1[C@@H]2OC(c3ccccc3)OCC2O[C@@H](SC)[C@H]1N=[N+]=[N-]. The minimum Gasteiger partial charge on any atom is -0.375 e. The van der Waals surface area contributed by atoms with Gasteiger partial charge in [-0.15, -0.1) is 11.8 Å². The zero-order valence-corrected chi connectivity index (χ0v) is 15.9. The van der Waals surface area contributed by atoms with Gasteiger partial charge in [-0.25, -0.2) is 0 Å². The molecular weight excluding hydrogens is 354 g/mol. The van der Waals surface area contributed by atoms with Crippen molar-refractivity contribution in [2.75, 3.05) is 19.5 Å². The fourth-order valence-corrected chi connectivity index (χ4v) is 4.01. The molecule has 0 amide bonds. The summed E-state index contributed by atoms with van der Waals surface area (Å²) in [7, 11) is 0. The van der Waals surface area contributed by atoms with Gasteiger partial charge in [0.25, 0.3) is 0 Å². The van der Waals surface area contributed by atoms with Crippen molar-refractivity contribution in [3.63, 3.8) is 0 Å². The van der Waals surface area contributed by atoms with Crippen LogP contribution in [0.1, 0.15) is 31.6 Å². The van der Waals surface area contributed by atoms with E-state index in [1.54, 1.807) is 0 Å². The van der Waals surface area contributed by atoms with Crippen molar-refractivity contribution in [1.82, 2.24) is 0 Å². The normalized spacial score (nSPS) is 33.9. The topological polar surface area (TPSA) is 85.7 Å². The van der Waals surface area contributed by atoms with E-state index >= 15 is 0 Å². The van der Waals surface area contributed by atoms with Crippen molar-refractivity contribution in [2.45, 2.75) is 55.8 Å². The first-order valence-electron chi connectivity index (χ1n) is 8.94. The molecule has 8 heteroatoms. The van der Waals surface area contributed by atoms with Gasteiger partial charge in [0, 0.05) is 17.1 Å². The molecule has 3 unspecified atom stereocenters.